The van der Waals surface area contributed by atoms with Crippen LogP contribution in [0, 0.1) is 0 Å². The van der Waals surface area contributed by atoms with Crippen molar-refractivity contribution in [1.29, 1.82) is 0 Å². The molecule has 5 nitrogen and oxygen atoms in total. The van der Waals surface area contributed by atoms with Crippen molar-refractivity contribution in [2.24, 2.45) is 4.99 Å². The van der Waals surface area contributed by atoms with Crippen molar-refractivity contribution in [3.63, 3.8) is 0 Å². The van der Waals surface area contributed by atoms with Crippen molar-refractivity contribution >= 4 is 15.8 Å². The Morgan fingerprint density at radius 2 is 1.82 bits per heavy atom. The highest BCUT2D eigenvalue weighted by Gasteiger charge is 2.30. The molecule has 124 valence electrons. The van der Waals surface area contributed by atoms with E-state index in [1.54, 1.807) is 20.9 Å². The van der Waals surface area contributed by atoms with Gasteiger partial charge < -0.3 is 10.6 Å². The molecule has 1 rings (SSSR count). The molecule has 22 heavy (non-hydrogen) atoms. The smallest absolute Gasteiger partial charge is 0.191 e. The minimum atomic E-state index is -3.13. The molecule has 0 aliphatic heterocycles. The molecule has 1 aromatic carbocycles. The summed E-state index contributed by atoms with van der Waals surface area (Å²) in [5, 5.41) is 6.32. The van der Waals surface area contributed by atoms with Crippen LogP contribution in [0.2, 0.25) is 0 Å². The Kier molecular flexibility index (Phi) is 6.41. The summed E-state index contributed by atoms with van der Waals surface area (Å²) >= 11 is 0. The van der Waals surface area contributed by atoms with E-state index in [0.29, 0.717) is 18.4 Å². The molecule has 0 saturated carbocycles. The zero-order valence-corrected chi connectivity index (χ0v) is 14.9. The van der Waals surface area contributed by atoms with E-state index in [0.717, 1.165) is 6.54 Å². The molecule has 6 heteroatoms. The number of hydrogen-bond donors (Lipinski definition) is 2. The molecular weight excluding hydrogens is 298 g/mol. The highest BCUT2D eigenvalue weighted by atomic mass is 32.2. The maximum atomic E-state index is 11.7. The lowest BCUT2D eigenvalue weighted by atomic mass is 10.0. The van der Waals surface area contributed by atoms with Crippen LogP contribution in [-0.2, 0) is 9.84 Å². The highest BCUT2D eigenvalue weighted by Crippen LogP contribution is 2.14. The van der Waals surface area contributed by atoms with Crippen molar-refractivity contribution in [2.75, 3.05) is 26.4 Å². The third-order valence-corrected chi connectivity index (χ3v) is 6.01. The van der Waals surface area contributed by atoms with Crippen molar-refractivity contribution in [3.05, 3.63) is 35.9 Å². The van der Waals surface area contributed by atoms with Gasteiger partial charge in [-0.3, -0.25) is 4.99 Å². The Morgan fingerprint density at radius 1 is 1.23 bits per heavy atom. The summed E-state index contributed by atoms with van der Waals surface area (Å²) in [6.07, 6.45) is 1.25. The van der Waals surface area contributed by atoms with Crippen LogP contribution < -0.4 is 10.6 Å². The summed E-state index contributed by atoms with van der Waals surface area (Å²) in [7, 11) is -1.45. The maximum Gasteiger partial charge on any atom is 0.191 e. The molecule has 0 fully saturated rings. The molecule has 0 aliphatic carbocycles. The normalized spacial score (nSPS) is 14.5. The van der Waals surface area contributed by atoms with E-state index in [1.807, 2.05) is 18.2 Å². The number of nitrogens with zero attached hydrogens (tertiary/aromatic N) is 1. The Balaban J connectivity index is 2.54. The molecule has 0 amide bonds. The summed E-state index contributed by atoms with van der Waals surface area (Å²) in [5.74, 6) is 0.946. The first-order valence-electron chi connectivity index (χ1n) is 7.36. The number of aliphatic imine (C=N–C) groups is 1. The van der Waals surface area contributed by atoms with Crippen molar-refractivity contribution in [2.45, 2.75) is 31.4 Å². The first kappa shape index (κ1) is 18.5. The second-order valence-electron chi connectivity index (χ2n) is 6.15. The Hall–Kier alpha value is -1.56. The van der Waals surface area contributed by atoms with Gasteiger partial charge in [-0.15, -0.1) is 0 Å². The molecule has 0 radical (unpaired) electrons. The number of nitrogens with one attached hydrogen (secondary N) is 2. The van der Waals surface area contributed by atoms with Crippen molar-refractivity contribution in [1.82, 2.24) is 10.6 Å². The molecule has 0 aromatic heterocycles. The van der Waals surface area contributed by atoms with Gasteiger partial charge in [0, 0.05) is 26.4 Å². The van der Waals surface area contributed by atoms with Gasteiger partial charge in [0.05, 0.1) is 4.75 Å². The predicted molar refractivity (Wildman–Crippen MR) is 93.1 cm³/mol. The van der Waals surface area contributed by atoms with Gasteiger partial charge in [-0.25, -0.2) is 8.42 Å². The van der Waals surface area contributed by atoms with Gasteiger partial charge >= 0.3 is 0 Å². The number of sulfone groups is 1. The van der Waals surface area contributed by atoms with Crippen molar-refractivity contribution < 1.29 is 8.42 Å². The van der Waals surface area contributed by atoms with E-state index in [-0.39, 0.29) is 0 Å². The largest absolute Gasteiger partial charge is 0.356 e. The summed E-state index contributed by atoms with van der Waals surface area (Å²) in [4.78, 5) is 4.14. The topological polar surface area (TPSA) is 70.6 Å². The zero-order valence-electron chi connectivity index (χ0n) is 14.1. The van der Waals surface area contributed by atoms with Gasteiger partial charge in [0.2, 0.25) is 0 Å². The average Bonchev–Trinajstić information content (AvgIpc) is 2.46. The molecule has 0 saturated heterocycles. The van der Waals surface area contributed by atoms with E-state index in [9.17, 15) is 8.42 Å². The third-order valence-electron chi connectivity index (χ3n) is 3.85. The molecule has 2 N–H and O–H groups in total. The standard InChI is InChI=1S/C16H27N3O2S/c1-13(14-9-7-6-8-10-14)11-18-15(17-4)19-12-16(2,3)22(5,20)21/h6-10,13H,11-12H2,1-5H3,(H2,17,18,19). The molecule has 0 spiro atoms. The summed E-state index contributed by atoms with van der Waals surface area (Å²) in [6, 6.07) is 10.2. The Labute approximate surface area is 134 Å². The molecule has 1 aromatic rings. The van der Waals surface area contributed by atoms with Crippen molar-refractivity contribution in [3.8, 4) is 0 Å². The van der Waals surface area contributed by atoms with Crippen LogP contribution in [-0.4, -0.2) is 45.5 Å². The van der Waals surface area contributed by atoms with E-state index >= 15 is 0 Å². The third kappa shape index (κ3) is 5.33. The number of rotatable bonds is 6. The van der Waals surface area contributed by atoms with E-state index < -0.39 is 14.6 Å². The Bertz CT molecular complexity index is 595. The van der Waals surface area contributed by atoms with Gasteiger partial charge in [-0.1, -0.05) is 37.3 Å². The maximum absolute atomic E-state index is 11.7. The average molecular weight is 325 g/mol. The molecule has 1 atom stereocenters. The van der Waals surface area contributed by atoms with Crippen LogP contribution in [0.25, 0.3) is 0 Å². The van der Waals surface area contributed by atoms with Gasteiger partial charge in [-0.2, -0.15) is 0 Å². The van der Waals surface area contributed by atoms with E-state index in [1.165, 1.54) is 11.8 Å². The molecule has 0 aliphatic rings. The van der Waals surface area contributed by atoms with Crippen LogP contribution in [0.3, 0.4) is 0 Å². The molecule has 0 heterocycles. The minimum Gasteiger partial charge on any atom is -0.356 e. The predicted octanol–water partition coefficient (Wildman–Crippen LogP) is 1.78. The first-order chi connectivity index (χ1) is 10.2. The van der Waals surface area contributed by atoms with Crippen LogP contribution >= 0.6 is 0 Å². The van der Waals surface area contributed by atoms with Crippen LogP contribution in [0.4, 0.5) is 0 Å². The summed E-state index contributed by atoms with van der Waals surface area (Å²) in [5.41, 5.74) is 1.25. The lowest BCUT2D eigenvalue weighted by Crippen LogP contribution is -2.48. The fraction of sp³-hybridized carbons (Fsp3) is 0.562. The Morgan fingerprint density at radius 3 is 2.32 bits per heavy atom. The van der Waals surface area contributed by atoms with Gasteiger partial charge in [0.1, 0.15) is 0 Å². The number of guanidine groups is 1. The molecular formula is C16H27N3O2S. The minimum absolute atomic E-state index is 0.311. The van der Waals surface area contributed by atoms with Crippen LogP contribution in [0.5, 0.6) is 0 Å². The van der Waals surface area contributed by atoms with Crippen LogP contribution in [0.15, 0.2) is 35.3 Å². The monoisotopic (exact) mass is 325 g/mol. The lowest BCUT2D eigenvalue weighted by molar-refractivity contribution is 0.543. The fourth-order valence-electron chi connectivity index (χ4n) is 1.80. The van der Waals surface area contributed by atoms with Gasteiger partial charge in [0.25, 0.3) is 0 Å². The second kappa shape index (κ2) is 7.63. The van der Waals surface area contributed by atoms with E-state index in [4.69, 9.17) is 0 Å². The SMILES string of the molecule is CN=C(NCC(C)c1ccccc1)NCC(C)(C)S(C)(=O)=O. The van der Waals surface area contributed by atoms with Crippen LogP contribution in [0.1, 0.15) is 32.3 Å². The summed E-state index contributed by atoms with van der Waals surface area (Å²) in [6.45, 7) is 6.58. The number of benzene rings is 1. The lowest BCUT2D eigenvalue weighted by Gasteiger charge is -2.24. The molecule has 0 bridgehead atoms. The van der Waals surface area contributed by atoms with Gasteiger partial charge in [0.15, 0.2) is 15.8 Å². The quantitative estimate of drug-likeness (QED) is 0.618. The number of hydrogen-bond acceptors (Lipinski definition) is 3. The molecule has 1 unspecified atom stereocenters. The zero-order chi connectivity index (χ0) is 16.8. The second-order valence-corrected chi connectivity index (χ2v) is 8.80. The van der Waals surface area contributed by atoms with Gasteiger partial charge in [-0.05, 0) is 25.3 Å². The van der Waals surface area contributed by atoms with E-state index in [2.05, 4.69) is 34.7 Å². The first-order valence-corrected chi connectivity index (χ1v) is 9.25. The summed E-state index contributed by atoms with van der Waals surface area (Å²) < 4.78 is 22.6. The highest BCUT2D eigenvalue weighted by molar-refractivity contribution is 7.92. The fourth-order valence-corrected chi connectivity index (χ4v) is 2.13.